The molecular formula is C21H21N5O. The zero-order valence-corrected chi connectivity index (χ0v) is 15.1. The van der Waals surface area contributed by atoms with Crippen LogP contribution in [0.25, 0.3) is 0 Å². The number of rotatable bonds is 3. The van der Waals surface area contributed by atoms with E-state index >= 15 is 0 Å². The highest BCUT2D eigenvalue weighted by atomic mass is 16.1. The van der Waals surface area contributed by atoms with Crippen molar-refractivity contribution in [2.24, 2.45) is 0 Å². The average molecular weight is 359 g/mol. The number of para-hydroxylation sites is 1. The minimum absolute atomic E-state index is 0.115. The van der Waals surface area contributed by atoms with E-state index in [0.717, 1.165) is 41.2 Å². The first-order valence-corrected chi connectivity index (χ1v) is 8.92. The Morgan fingerprint density at radius 2 is 2.00 bits per heavy atom. The molecule has 2 aromatic carbocycles. The number of aromatic nitrogens is 2. The molecule has 1 aliphatic rings. The molecule has 6 heteroatoms. The van der Waals surface area contributed by atoms with Crippen molar-refractivity contribution in [3.63, 3.8) is 0 Å². The Kier molecular flexibility index (Phi) is 4.46. The second kappa shape index (κ2) is 7.07. The first-order chi connectivity index (χ1) is 13.1. The number of fused-ring (bicyclic) bond motifs is 1. The lowest BCUT2D eigenvalue weighted by atomic mass is 10.0. The quantitative estimate of drug-likeness (QED) is 0.750. The van der Waals surface area contributed by atoms with Crippen molar-refractivity contribution < 1.29 is 4.79 Å². The van der Waals surface area contributed by atoms with Crippen LogP contribution >= 0.6 is 0 Å². The van der Waals surface area contributed by atoms with E-state index in [9.17, 15) is 4.79 Å². The molecule has 2 heterocycles. The molecule has 4 rings (SSSR count). The van der Waals surface area contributed by atoms with Gasteiger partial charge in [0.1, 0.15) is 0 Å². The minimum Gasteiger partial charge on any atom is -0.368 e. The maximum atomic E-state index is 12.6. The fourth-order valence-electron chi connectivity index (χ4n) is 3.35. The summed E-state index contributed by atoms with van der Waals surface area (Å²) in [4.78, 5) is 23.3. The number of carbonyl (C=O) groups is 1. The van der Waals surface area contributed by atoms with Crippen molar-refractivity contribution in [3.8, 4) is 0 Å². The number of nitrogens with two attached hydrogens (primary N) is 1. The minimum atomic E-state index is -0.115. The first-order valence-electron chi connectivity index (χ1n) is 8.92. The van der Waals surface area contributed by atoms with Crippen LogP contribution in [0.1, 0.15) is 27.2 Å². The maximum absolute atomic E-state index is 12.6. The van der Waals surface area contributed by atoms with Crippen LogP contribution in [0.5, 0.6) is 0 Å². The molecular weight excluding hydrogens is 338 g/mol. The first kappa shape index (κ1) is 17.0. The van der Waals surface area contributed by atoms with Gasteiger partial charge in [0.25, 0.3) is 5.91 Å². The molecule has 0 unspecified atom stereocenters. The predicted molar refractivity (Wildman–Crippen MR) is 107 cm³/mol. The van der Waals surface area contributed by atoms with Gasteiger partial charge >= 0.3 is 0 Å². The molecule has 0 fully saturated rings. The fourth-order valence-corrected chi connectivity index (χ4v) is 3.35. The Balaban J connectivity index is 1.58. The van der Waals surface area contributed by atoms with E-state index < -0.39 is 0 Å². The number of hydrogen-bond donors (Lipinski definition) is 2. The summed E-state index contributed by atoms with van der Waals surface area (Å²) < 4.78 is 0. The Labute approximate surface area is 158 Å². The van der Waals surface area contributed by atoms with Gasteiger partial charge in [-0.1, -0.05) is 24.3 Å². The summed E-state index contributed by atoms with van der Waals surface area (Å²) in [6.07, 6.45) is 2.60. The molecule has 0 aliphatic carbocycles. The third-order valence-corrected chi connectivity index (χ3v) is 4.80. The molecule has 0 spiro atoms. The van der Waals surface area contributed by atoms with Gasteiger partial charge in [0, 0.05) is 48.2 Å². The van der Waals surface area contributed by atoms with Crippen molar-refractivity contribution in [1.82, 2.24) is 9.97 Å². The highest BCUT2D eigenvalue weighted by Gasteiger charge is 2.20. The Morgan fingerprint density at radius 3 is 2.81 bits per heavy atom. The summed E-state index contributed by atoms with van der Waals surface area (Å²) in [7, 11) is 0. The predicted octanol–water partition coefficient (Wildman–Crippen LogP) is 3.18. The largest absolute Gasteiger partial charge is 0.368 e. The zero-order valence-electron chi connectivity index (χ0n) is 15.1. The normalized spacial score (nSPS) is 13.1. The van der Waals surface area contributed by atoms with Crippen LogP contribution in [0.15, 0.2) is 54.7 Å². The molecule has 1 aromatic heterocycles. The second-order valence-electron chi connectivity index (χ2n) is 6.69. The average Bonchev–Trinajstić information content (AvgIpc) is 2.68. The molecule has 3 aromatic rings. The SMILES string of the molecule is Cc1ccc(C(=O)Nc2ccccc2)cc1N1CCc2nc(N)ncc2C1. The standard InChI is InChI=1S/C21H21N5O/c1-14-7-8-15(20(27)24-17-5-3-2-4-6-17)11-19(14)26-10-9-18-16(13-26)12-23-21(22)25-18/h2-8,11-12H,9-10,13H2,1H3,(H,24,27)(H2,22,23,25). The van der Waals surface area contributed by atoms with E-state index in [4.69, 9.17) is 5.73 Å². The summed E-state index contributed by atoms with van der Waals surface area (Å²) in [6.45, 7) is 3.59. The summed E-state index contributed by atoms with van der Waals surface area (Å²) in [5.41, 5.74) is 11.4. The summed E-state index contributed by atoms with van der Waals surface area (Å²) in [5.74, 6) is 0.203. The van der Waals surface area contributed by atoms with Crippen LogP contribution in [-0.4, -0.2) is 22.4 Å². The smallest absolute Gasteiger partial charge is 0.255 e. The molecule has 3 N–H and O–H groups in total. The number of amides is 1. The summed E-state index contributed by atoms with van der Waals surface area (Å²) in [6, 6.07) is 15.3. The van der Waals surface area contributed by atoms with Crippen LogP contribution in [0.2, 0.25) is 0 Å². The molecule has 0 radical (unpaired) electrons. The van der Waals surface area contributed by atoms with Crippen LogP contribution in [0.3, 0.4) is 0 Å². The van der Waals surface area contributed by atoms with Crippen molar-refractivity contribution in [1.29, 1.82) is 0 Å². The van der Waals surface area contributed by atoms with Gasteiger partial charge < -0.3 is 16.0 Å². The van der Waals surface area contributed by atoms with Gasteiger partial charge in [0.05, 0.1) is 5.69 Å². The Morgan fingerprint density at radius 1 is 1.19 bits per heavy atom. The Hall–Kier alpha value is -3.41. The molecule has 0 saturated heterocycles. The maximum Gasteiger partial charge on any atom is 0.255 e. The lowest BCUT2D eigenvalue weighted by Gasteiger charge is -2.31. The molecule has 0 atom stereocenters. The Bertz CT molecular complexity index is 987. The molecule has 0 bridgehead atoms. The van der Waals surface area contributed by atoms with Crippen LogP contribution in [0.4, 0.5) is 17.3 Å². The third kappa shape index (κ3) is 3.60. The topological polar surface area (TPSA) is 84.1 Å². The summed E-state index contributed by atoms with van der Waals surface area (Å²) >= 11 is 0. The van der Waals surface area contributed by atoms with Gasteiger partial charge in [0.2, 0.25) is 5.95 Å². The number of hydrogen-bond acceptors (Lipinski definition) is 5. The molecule has 1 aliphatic heterocycles. The zero-order chi connectivity index (χ0) is 18.8. The van der Waals surface area contributed by atoms with Crippen LogP contribution < -0.4 is 16.0 Å². The molecule has 136 valence electrons. The van der Waals surface area contributed by atoms with E-state index in [-0.39, 0.29) is 5.91 Å². The number of nitrogens with one attached hydrogen (secondary N) is 1. The van der Waals surface area contributed by atoms with Gasteiger partial charge in [-0.05, 0) is 36.8 Å². The van der Waals surface area contributed by atoms with Crippen LogP contribution in [-0.2, 0) is 13.0 Å². The van der Waals surface area contributed by atoms with E-state index in [2.05, 4.69) is 27.1 Å². The third-order valence-electron chi connectivity index (χ3n) is 4.80. The molecule has 27 heavy (non-hydrogen) atoms. The number of anilines is 3. The van der Waals surface area contributed by atoms with Gasteiger partial charge in [-0.25, -0.2) is 9.97 Å². The highest BCUT2D eigenvalue weighted by Crippen LogP contribution is 2.27. The van der Waals surface area contributed by atoms with E-state index in [1.807, 2.05) is 48.5 Å². The van der Waals surface area contributed by atoms with Crippen molar-refractivity contribution in [2.75, 3.05) is 22.5 Å². The lowest BCUT2D eigenvalue weighted by Crippen LogP contribution is -2.32. The van der Waals surface area contributed by atoms with Gasteiger partial charge in [-0.15, -0.1) is 0 Å². The number of nitrogen functional groups attached to an aromatic ring is 1. The van der Waals surface area contributed by atoms with Crippen LogP contribution in [0, 0.1) is 6.92 Å². The van der Waals surface area contributed by atoms with Gasteiger partial charge in [-0.2, -0.15) is 0 Å². The van der Waals surface area contributed by atoms with Gasteiger partial charge in [0.15, 0.2) is 0 Å². The van der Waals surface area contributed by atoms with Crippen molar-refractivity contribution >= 4 is 23.2 Å². The number of benzene rings is 2. The number of nitrogens with zero attached hydrogens (tertiary/aromatic N) is 3. The van der Waals surface area contributed by atoms with Crippen molar-refractivity contribution in [3.05, 3.63) is 77.1 Å². The number of aryl methyl sites for hydroxylation is 1. The van der Waals surface area contributed by atoms with E-state index in [0.29, 0.717) is 18.1 Å². The van der Waals surface area contributed by atoms with E-state index in [1.165, 1.54) is 0 Å². The highest BCUT2D eigenvalue weighted by molar-refractivity contribution is 6.05. The fraction of sp³-hybridized carbons (Fsp3) is 0.190. The van der Waals surface area contributed by atoms with Crippen molar-refractivity contribution in [2.45, 2.75) is 19.9 Å². The molecule has 1 amide bonds. The lowest BCUT2D eigenvalue weighted by molar-refractivity contribution is 0.102. The second-order valence-corrected chi connectivity index (χ2v) is 6.69. The van der Waals surface area contributed by atoms with Gasteiger partial charge in [-0.3, -0.25) is 4.79 Å². The monoisotopic (exact) mass is 359 g/mol. The summed E-state index contributed by atoms with van der Waals surface area (Å²) in [5, 5.41) is 2.94. The molecule has 0 saturated carbocycles. The number of carbonyl (C=O) groups excluding carboxylic acids is 1. The van der Waals surface area contributed by atoms with E-state index in [1.54, 1.807) is 6.20 Å². The molecule has 6 nitrogen and oxygen atoms in total.